The van der Waals surface area contributed by atoms with Gasteiger partial charge in [-0.2, -0.15) is 0 Å². The number of nitrogens with one attached hydrogen (secondary N) is 1. The van der Waals surface area contributed by atoms with Gasteiger partial charge in [-0.15, -0.1) is 0 Å². The van der Waals surface area contributed by atoms with Crippen LogP contribution in [0.5, 0.6) is 0 Å². The summed E-state index contributed by atoms with van der Waals surface area (Å²) in [6, 6.07) is 7.78. The average Bonchev–Trinajstić information content (AvgIpc) is 2.94. The van der Waals surface area contributed by atoms with Gasteiger partial charge < -0.3 is 14.5 Å². The van der Waals surface area contributed by atoms with E-state index in [-0.39, 0.29) is 6.61 Å². The van der Waals surface area contributed by atoms with Crippen LogP contribution in [0.1, 0.15) is 5.69 Å². The van der Waals surface area contributed by atoms with E-state index in [4.69, 9.17) is 9.52 Å². The second-order valence-corrected chi connectivity index (χ2v) is 3.56. The van der Waals surface area contributed by atoms with Crippen molar-refractivity contribution in [1.29, 1.82) is 0 Å². The quantitative estimate of drug-likeness (QED) is 0.688. The molecule has 0 bridgehead atoms. The number of aromatic amines is 1. The van der Waals surface area contributed by atoms with E-state index in [1.165, 1.54) is 0 Å². The number of para-hydroxylation sites is 1. The number of aliphatic hydroxyl groups excluding tert-OH is 1. The highest BCUT2D eigenvalue weighted by atomic mass is 16.3. The Morgan fingerprint density at radius 2 is 2.19 bits per heavy atom. The second-order valence-electron chi connectivity index (χ2n) is 3.56. The number of H-pyrrole nitrogens is 1. The monoisotopic (exact) mass is 214 g/mol. The lowest BCUT2D eigenvalue weighted by Gasteiger charge is -1.92. The standard InChI is InChI=1S/C12H10N2O2/c15-6-8-5-13-12(14-8)10-7-16-11-4-2-1-3-9(10)11/h1-5,7,15H,6H2,(H,13,14). The van der Waals surface area contributed by atoms with E-state index in [0.717, 1.165) is 16.5 Å². The van der Waals surface area contributed by atoms with Crippen LogP contribution in [0.15, 0.2) is 41.1 Å². The zero-order chi connectivity index (χ0) is 11.0. The molecule has 4 nitrogen and oxygen atoms in total. The molecule has 3 rings (SSSR count). The maximum absolute atomic E-state index is 8.97. The molecule has 0 amide bonds. The number of nitrogens with zero attached hydrogens (tertiary/aromatic N) is 1. The normalized spacial score (nSPS) is 11.1. The summed E-state index contributed by atoms with van der Waals surface area (Å²) in [7, 11) is 0. The van der Waals surface area contributed by atoms with Gasteiger partial charge >= 0.3 is 0 Å². The molecule has 16 heavy (non-hydrogen) atoms. The summed E-state index contributed by atoms with van der Waals surface area (Å²) in [6.45, 7) is -0.0389. The van der Waals surface area contributed by atoms with Crippen LogP contribution in [0.2, 0.25) is 0 Å². The molecular formula is C12H10N2O2. The van der Waals surface area contributed by atoms with Crippen LogP contribution in [-0.4, -0.2) is 15.1 Å². The van der Waals surface area contributed by atoms with Crippen molar-refractivity contribution in [2.45, 2.75) is 6.61 Å². The summed E-state index contributed by atoms with van der Waals surface area (Å²) in [6.07, 6.45) is 3.29. The lowest BCUT2D eigenvalue weighted by molar-refractivity contribution is 0.277. The zero-order valence-electron chi connectivity index (χ0n) is 8.47. The zero-order valence-corrected chi connectivity index (χ0v) is 8.47. The van der Waals surface area contributed by atoms with Crippen molar-refractivity contribution in [1.82, 2.24) is 9.97 Å². The fourth-order valence-electron chi connectivity index (χ4n) is 1.74. The number of rotatable bonds is 2. The number of aliphatic hydroxyl groups is 1. The largest absolute Gasteiger partial charge is 0.464 e. The van der Waals surface area contributed by atoms with Gasteiger partial charge in [0.15, 0.2) is 0 Å². The molecular weight excluding hydrogens is 204 g/mol. The van der Waals surface area contributed by atoms with Gasteiger partial charge in [0.1, 0.15) is 17.7 Å². The molecule has 2 aromatic heterocycles. The van der Waals surface area contributed by atoms with Gasteiger partial charge in [-0.05, 0) is 6.07 Å². The van der Waals surface area contributed by atoms with E-state index >= 15 is 0 Å². The van der Waals surface area contributed by atoms with E-state index in [0.29, 0.717) is 11.5 Å². The molecule has 0 fully saturated rings. The number of hydrogen-bond acceptors (Lipinski definition) is 3. The molecule has 2 heterocycles. The summed E-state index contributed by atoms with van der Waals surface area (Å²) >= 11 is 0. The molecule has 0 unspecified atom stereocenters. The molecule has 0 radical (unpaired) electrons. The van der Waals surface area contributed by atoms with Gasteiger partial charge in [0.25, 0.3) is 0 Å². The second kappa shape index (κ2) is 3.50. The SMILES string of the molecule is OCc1cnc(-c2coc3ccccc23)[nH]1. The van der Waals surface area contributed by atoms with Crippen molar-refractivity contribution < 1.29 is 9.52 Å². The first-order valence-electron chi connectivity index (χ1n) is 5.00. The molecule has 0 saturated heterocycles. The van der Waals surface area contributed by atoms with Crippen molar-refractivity contribution in [2.24, 2.45) is 0 Å². The summed E-state index contributed by atoms with van der Waals surface area (Å²) in [5.41, 5.74) is 2.44. The third kappa shape index (κ3) is 1.31. The Kier molecular flexibility index (Phi) is 2.01. The Hall–Kier alpha value is -2.07. The first-order valence-corrected chi connectivity index (χ1v) is 5.00. The Labute approximate surface area is 91.6 Å². The first-order chi connectivity index (χ1) is 7.88. The fourth-order valence-corrected chi connectivity index (χ4v) is 1.74. The molecule has 80 valence electrons. The third-order valence-electron chi connectivity index (χ3n) is 2.53. The minimum atomic E-state index is -0.0389. The average molecular weight is 214 g/mol. The fraction of sp³-hybridized carbons (Fsp3) is 0.0833. The topological polar surface area (TPSA) is 62.1 Å². The van der Waals surface area contributed by atoms with Crippen molar-refractivity contribution >= 4 is 11.0 Å². The lowest BCUT2D eigenvalue weighted by atomic mass is 10.2. The van der Waals surface area contributed by atoms with Gasteiger partial charge in [0.2, 0.25) is 0 Å². The van der Waals surface area contributed by atoms with Crippen LogP contribution < -0.4 is 0 Å². The third-order valence-corrected chi connectivity index (χ3v) is 2.53. The van der Waals surface area contributed by atoms with Crippen molar-refractivity contribution in [3.8, 4) is 11.4 Å². The van der Waals surface area contributed by atoms with Gasteiger partial charge in [0.05, 0.1) is 24.1 Å². The Morgan fingerprint density at radius 1 is 1.31 bits per heavy atom. The van der Waals surface area contributed by atoms with Gasteiger partial charge in [-0.1, -0.05) is 18.2 Å². The number of furan rings is 1. The molecule has 0 aliphatic carbocycles. The Bertz CT molecular complexity index is 625. The predicted octanol–water partition coefficient (Wildman–Crippen LogP) is 2.32. The Morgan fingerprint density at radius 3 is 3.00 bits per heavy atom. The number of imidazole rings is 1. The van der Waals surface area contributed by atoms with E-state index < -0.39 is 0 Å². The van der Waals surface area contributed by atoms with Crippen LogP contribution in [0, 0.1) is 0 Å². The minimum Gasteiger partial charge on any atom is -0.464 e. The number of hydrogen-bond donors (Lipinski definition) is 2. The van der Waals surface area contributed by atoms with E-state index in [9.17, 15) is 0 Å². The molecule has 3 aromatic rings. The molecule has 4 heteroatoms. The Balaban J connectivity index is 2.18. The highest BCUT2D eigenvalue weighted by Gasteiger charge is 2.10. The first kappa shape index (κ1) is 9.18. The maximum atomic E-state index is 8.97. The van der Waals surface area contributed by atoms with Crippen molar-refractivity contribution in [3.05, 3.63) is 42.4 Å². The van der Waals surface area contributed by atoms with Crippen molar-refractivity contribution in [3.63, 3.8) is 0 Å². The van der Waals surface area contributed by atoms with Gasteiger partial charge in [0, 0.05) is 5.39 Å². The molecule has 0 aliphatic heterocycles. The molecule has 0 spiro atoms. The lowest BCUT2D eigenvalue weighted by Crippen LogP contribution is -1.82. The van der Waals surface area contributed by atoms with Crippen LogP contribution in [0.4, 0.5) is 0 Å². The van der Waals surface area contributed by atoms with Gasteiger partial charge in [-0.25, -0.2) is 4.98 Å². The highest BCUT2D eigenvalue weighted by molar-refractivity contribution is 5.91. The van der Waals surface area contributed by atoms with Crippen LogP contribution in [-0.2, 0) is 6.61 Å². The number of aromatic nitrogens is 2. The maximum Gasteiger partial charge on any atom is 0.141 e. The van der Waals surface area contributed by atoms with E-state index in [1.807, 2.05) is 24.3 Å². The molecule has 0 atom stereocenters. The van der Waals surface area contributed by atoms with Crippen LogP contribution in [0.3, 0.4) is 0 Å². The highest BCUT2D eigenvalue weighted by Crippen LogP contribution is 2.28. The molecule has 0 saturated carbocycles. The molecule has 1 aromatic carbocycles. The summed E-state index contributed by atoms with van der Waals surface area (Å²) in [5.74, 6) is 0.717. The molecule has 0 aliphatic rings. The number of fused-ring (bicyclic) bond motifs is 1. The smallest absolute Gasteiger partial charge is 0.141 e. The van der Waals surface area contributed by atoms with Crippen LogP contribution in [0.25, 0.3) is 22.4 Å². The van der Waals surface area contributed by atoms with E-state index in [1.54, 1.807) is 12.5 Å². The predicted molar refractivity (Wildman–Crippen MR) is 59.7 cm³/mol. The van der Waals surface area contributed by atoms with Crippen molar-refractivity contribution in [2.75, 3.05) is 0 Å². The summed E-state index contributed by atoms with van der Waals surface area (Å²) < 4.78 is 5.42. The van der Waals surface area contributed by atoms with Crippen LogP contribution >= 0.6 is 0 Å². The van der Waals surface area contributed by atoms with E-state index in [2.05, 4.69) is 9.97 Å². The van der Waals surface area contributed by atoms with Gasteiger partial charge in [-0.3, -0.25) is 0 Å². The summed E-state index contributed by atoms with van der Waals surface area (Å²) in [4.78, 5) is 7.24. The summed E-state index contributed by atoms with van der Waals surface area (Å²) in [5, 5.41) is 9.98. The minimum absolute atomic E-state index is 0.0389. The molecule has 2 N–H and O–H groups in total. The number of benzene rings is 1.